The highest BCUT2D eigenvalue weighted by molar-refractivity contribution is 6.26. The number of piperazine rings is 1. The predicted molar refractivity (Wildman–Crippen MR) is 158 cm³/mol. The first kappa shape index (κ1) is 32.4. The van der Waals surface area contributed by atoms with E-state index in [4.69, 9.17) is 14.2 Å². The molecule has 0 amide bonds. The fraction of sp³-hybridized carbons (Fsp3) is 0.515. The summed E-state index contributed by atoms with van der Waals surface area (Å²) in [6.07, 6.45) is 0.00867. The van der Waals surface area contributed by atoms with Gasteiger partial charge in [-0.3, -0.25) is 33.8 Å². The number of allylic oxidation sites excluding steroid dienone is 5. The molecule has 12 heteroatoms. The zero-order valence-corrected chi connectivity index (χ0v) is 26.7. The Morgan fingerprint density at radius 1 is 0.911 bits per heavy atom. The van der Waals surface area contributed by atoms with Crippen LogP contribution in [0.4, 0.5) is 0 Å². The number of aliphatic hydroxyl groups is 1. The molecule has 0 unspecified atom stereocenters. The van der Waals surface area contributed by atoms with Crippen LogP contribution in [0.3, 0.4) is 0 Å². The fourth-order valence-corrected chi connectivity index (χ4v) is 7.79. The minimum Gasteiger partial charge on any atom is -0.492 e. The van der Waals surface area contributed by atoms with Gasteiger partial charge in [0.25, 0.3) is 0 Å². The summed E-state index contributed by atoms with van der Waals surface area (Å²) in [5, 5.41) is 11.8. The van der Waals surface area contributed by atoms with Crippen LogP contribution in [0.1, 0.15) is 47.5 Å². The molecule has 0 aromatic carbocycles. The van der Waals surface area contributed by atoms with Crippen LogP contribution in [-0.2, 0) is 43.0 Å². The Labute approximate surface area is 261 Å². The van der Waals surface area contributed by atoms with Gasteiger partial charge in [-0.2, -0.15) is 0 Å². The van der Waals surface area contributed by atoms with Crippen LogP contribution in [0.15, 0.2) is 56.6 Å². The molecule has 240 valence electrons. The summed E-state index contributed by atoms with van der Waals surface area (Å²) in [5.41, 5.74) is 0.811. The molecule has 2 aliphatic carbocycles. The monoisotopic (exact) mass is 622 g/mol. The smallest absolute Gasteiger partial charge is 0.333 e. The number of Topliss-reactive ketones (excluding diaryl/α,β-unsaturated/α-hetero) is 5. The summed E-state index contributed by atoms with van der Waals surface area (Å²) < 4.78 is 16.4. The van der Waals surface area contributed by atoms with E-state index in [0.29, 0.717) is 5.57 Å². The van der Waals surface area contributed by atoms with E-state index >= 15 is 0 Å². The van der Waals surface area contributed by atoms with Gasteiger partial charge in [-0.05, 0) is 48.1 Å². The van der Waals surface area contributed by atoms with Crippen LogP contribution in [0.25, 0.3) is 0 Å². The number of rotatable bonds is 7. The molecule has 0 radical (unpaired) electrons. The quantitative estimate of drug-likeness (QED) is 0.245. The maximum atomic E-state index is 14.0. The number of likely N-dealkylation sites (N-methyl/N-ethyl adjacent to an activating group) is 1. The van der Waals surface area contributed by atoms with E-state index < -0.39 is 65.4 Å². The third-order valence-electron chi connectivity index (χ3n) is 9.89. The van der Waals surface area contributed by atoms with Crippen molar-refractivity contribution in [1.82, 2.24) is 9.80 Å². The molecule has 0 spiro atoms. The lowest BCUT2D eigenvalue weighted by atomic mass is 9.66. The van der Waals surface area contributed by atoms with Gasteiger partial charge in [0, 0.05) is 57.5 Å². The summed E-state index contributed by atoms with van der Waals surface area (Å²) in [4.78, 5) is 84.8. The lowest BCUT2D eigenvalue weighted by Gasteiger charge is -2.62. The SMILES string of the molecule is C/C=C(/C)C(=O)OC[C@H]1C2=C(C[C@H]3[C@H]4C5=C(C(=O)C(C)=C(OC)C5=O)[C@H](O)[C@@H]([C@H](CC(C)=O)N13)N4C)C(=O)C(C)=C(OC)C2=O. The van der Waals surface area contributed by atoms with Gasteiger partial charge in [-0.25, -0.2) is 4.79 Å². The van der Waals surface area contributed by atoms with Crippen molar-refractivity contribution in [3.63, 3.8) is 0 Å². The molecule has 0 saturated carbocycles. The topological polar surface area (TPSA) is 157 Å². The summed E-state index contributed by atoms with van der Waals surface area (Å²) in [7, 11) is 4.29. The first-order valence-corrected chi connectivity index (χ1v) is 14.9. The molecule has 3 heterocycles. The van der Waals surface area contributed by atoms with Gasteiger partial charge in [0.2, 0.25) is 11.6 Å². The van der Waals surface area contributed by atoms with Gasteiger partial charge in [-0.1, -0.05) is 6.08 Å². The Morgan fingerprint density at radius 2 is 1.49 bits per heavy atom. The molecule has 3 aliphatic heterocycles. The van der Waals surface area contributed by atoms with Crippen molar-refractivity contribution in [2.45, 2.75) is 83.8 Å². The standard InChI is InChI=1S/C33H38N2O10/c1-9-13(2)33(42)45-12-20-21-17(26(37)15(4)31(43-7)29(21)40)11-19-24-22-23(27(38)16(5)32(44-8)30(22)41)28(39)25(34(24)6)18(35(19)20)10-14(3)36/h9,18-20,24-25,28,39H,10-12H2,1-8H3/b13-9-/t18-,19-,20-,24-,25+,28-/m0/s1. The van der Waals surface area contributed by atoms with Gasteiger partial charge in [0.05, 0.1) is 32.3 Å². The molecule has 6 atom stereocenters. The number of esters is 1. The number of ketones is 5. The molecule has 5 rings (SSSR count). The summed E-state index contributed by atoms with van der Waals surface area (Å²) in [5.74, 6) is -3.15. The first-order chi connectivity index (χ1) is 21.2. The Hall–Kier alpha value is -4.00. The highest BCUT2D eigenvalue weighted by atomic mass is 16.5. The second-order valence-electron chi connectivity index (χ2n) is 12.2. The molecule has 1 fully saturated rings. The third-order valence-corrected chi connectivity index (χ3v) is 9.89. The number of ether oxygens (including phenoxy) is 3. The zero-order chi connectivity index (χ0) is 33.2. The van der Waals surface area contributed by atoms with Crippen molar-refractivity contribution in [1.29, 1.82) is 0 Å². The third kappa shape index (κ3) is 4.69. The lowest BCUT2D eigenvalue weighted by Crippen LogP contribution is -2.77. The zero-order valence-electron chi connectivity index (χ0n) is 26.7. The van der Waals surface area contributed by atoms with E-state index in [9.17, 15) is 33.9 Å². The fourth-order valence-electron chi connectivity index (χ4n) is 7.79. The Balaban J connectivity index is 1.76. The number of nitrogens with zero attached hydrogens (tertiary/aromatic N) is 2. The molecular weight excluding hydrogens is 584 g/mol. The van der Waals surface area contributed by atoms with Crippen molar-refractivity contribution in [3.8, 4) is 0 Å². The summed E-state index contributed by atoms with van der Waals surface area (Å²) >= 11 is 0. The van der Waals surface area contributed by atoms with E-state index in [2.05, 4.69) is 0 Å². The summed E-state index contributed by atoms with van der Waals surface area (Å²) in [6, 6.07) is -4.27. The minimum absolute atomic E-state index is 0.0118. The molecule has 45 heavy (non-hydrogen) atoms. The van der Waals surface area contributed by atoms with Gasteiger partial charge >= 0.3 is 5.97 Å². The average molecular weight is 623 g/mol. The van der Waals surface area contributed by atoms with Crippen LogP contribution < -0.4 is 0 Å². The normalized spacial score (nSPS) is 30.8. The van der Waals surface area contributed by atoms with Crippen LogP contribution in [0.5, 0.6) is 0 Å². The van der Waals surface area contributed by atoms with Gasteiger partial charge in [0.1, 0.15) is 18.5 Å². The molecule has 5 aliphatic rings. The van der Waals surface area contributed by atoms with Gasteiger partial charge in [0.15, 0.2) is 23.1 Å². The number of aliphatic hydroxyl groups excluding tert-OH is 1. The highest BCUT2D eigenvalue weighted by Gasteiger charge is 2.62. The van der Waals surface area contributed by atoms with E-state index in [1.165, 1.54) is 35.0 Å². The van der Waals surface area contributed by atoms with Gasteiger partial charge in [-0.15, -0.1) is 0 Å². The Kier molecular flexibility index (Phi) is 8.45. The van der Waals surface area contributed by atoms with Gasteiger partial charge < -0.3 is 19.3 Å². The second kappa shape index (κ2) is 11.7. The number of carbonyl (C=O) groups excluding carboxylic acids is 6. The van der Waals surface area contributed by atoms with Crippen molar-refractivity contribution < 1.29 is 48.1 Å². The molecular formula is C33H38N2O10. The van der Waals surface area contributed by atoms with Crippen LogP contribution in [0.2, 0.25) is 0 Å². The van der Waals surface area contributed by atoms with E-state index in [1.54, 1.807) is 31.9 Å². The predicted octanol–water partition coefficient (Wildman–Crippen LogP) is 1.08. The average Bonchev–Trinajstić information content (AvgIpc) is 2.99. The maximum absolute atomic E-state index is 14.0. The molecule has 2 bridgehead atoms. The molecule has 12 nitrogen and oxygen atoms in total. The maximum Gasteiger partial charge on any atom is 0.333 e. The number of fused-ring (bicyclic) bond motifs is 5. The largest absolute Gasteiger partial charge is 0.492 e. The van der Waals surface area contributed by atoms with Crippen LogP contribution in [0, 0.1) is 0 Å². The second-order valence-corrected chi connectivity index (χ2v) is 12.2. The van der Waals surface area contributed by atoms with Crippen molar-refractivity contribution in [3.05, 3.63) is 56.6 Å². The molecule has 1 N–H and O–H groups in total. The number of hydrogen-bond acceptors (Lipinski definition) is 12. The Bertz CT molecular complexity index is 1610. The first-order valence-electron chi connectivity index (χ1n) is 14.9. The number of methoxy groups -OCH3 is 2. The van der Waals surface area contributed by atoms with E-state index in [1.807, 2.05) is 4.90 Å². The van der Waals surface area contributed by atoms with Crippen LogP contribution >= 0.6 is 0 Å². The van der Waals surface area contributed by atoms with Crippen molar-refractivity contribution in [2.24, 2.45) is 0 Å². The molecule has 0 aromatic rings. The van der Waals surface area contributed by atoms with Crippen molar-refractivity contribution >= 4 is 34.9 Å². The summed E-state index contributed by atoms with van der Waals surface area (Å²) in [6.45, 7) is 7.27. The lowest BCUT2D eigenvalue weighted by molar-refractivity contribution is -0.150. The molecule has 1 saturated heterocycles. The number of hydrogen-bond donors (Lipinski definition) is 1. The number of carbonyl (C=O) groups is 6. The van der Waals surface area contributed by atoms with E-state index in [0.717, 1.165) is 0 Å². The van der Waals surface area contributed by atoms with E-state index in [-0.39, 0.29) is 70.2 Å². The Morgan fingerprint density at radius 3 is 2.04 bits per heavy atom. The van der Waals surface area contributed by atoms with Crippen molar-refractivity contribution in [2.75, 3.05) is 27.9 Å². The molecule has 0 aromatic heterocycles. The van der Waals surface area contributed by atoms with Crippen LogP contribution in [-0.4, -0.2) is 114 Å². The highest BCUT2D eigenvalue weighted by Crippen LogP contribution is 2.49. The minimum atomic E-state index is -1.47.